The zero-order valence-electron chi connectivity index (χ0n) is 18.3. The Kier molecular flexibility index (Phi) is 6.04. The smallest absolute Gasteiger partial charge is 0.328 e. The monoisotopic (exact) mass is 452 g/mol. The molecular formula is C22H24N6O3S. The third-order valence-electron chi connectivity index (χ3n) is 5.25. The predicted molar refractivity (Wildman–Crippen MR) is 125 cm³/mol. The van der Waals surface area contributed by atoms with Gasteiger partial charge in [0.1, 0.15) is 5.75 Å². The minimum atomic E-state index is -0.163. The molecule has 0 spiro atoms. The number of carbonyl (C=O) groups is 1. The Labute approximate surface area is 189 Å². The molecule has 166 valence electrons. The average Bonchev–Trinajstić information content (AvgIpc) is 3.32. The Hall–Kier alpha value is -3.53. The molecule has 4 aromatic rings. The molecule has 0 radical (unpaired) electrons. The van der Waals surface area contributed by atoms with Gasteiger partial charge >= 0.3 is 5.69 Å². The first-order valence-electron chi connectivity index (χ1n) is 10.1. The number of nitrogens with one attached hydrogen (secondary N) is 1. The fourth-order valence-corrected chi connectivity index (χ4v) is 4.37. The molecule has 2 aromatic heterocycles. The van der Waals surface area contributed by atoms with Crippen LogP contribution >= 0.6 is 11.8 Å². The molecule has 0 aliphatic rings. The number of carbonyl (C=O) groups excluding carboxylic acids is 1. The first-order valence-corrected chi connectivity index (χ1v) is 11.1. The van der Waals surface area contributed by atoms with Gasteiger partial charge in [-0.2, -0.15) is 0 Å². The zero-order valence-corrected chi connectivity index (χ0v) is 19.1. The second-order valence-corrected chi connectivity index (χ2v) is 8.17. The maximum absolute atomic E-state index is 12.6. The van der Waals surface area contributed by atoms with Crippen molar-refractivity contribution in [2.75, 3.05) is 18.2 Å². The van der Waals surface area contributed by atoms with Gasteiger partial charge in [-0.25, -0.2) is 4.79 Å². The molecule has 2 aromatic carbocycles. The van der Waals surface area contributed by atoms with E-state index in [-0.39, 0.29) is 17.3 Å². The number of imidazole rings is 1. The summed E-state index contributed by atoms with van der Waals surface area (Å²) in [6.45, 7) is 2.68. The second kappa shape index (κ2) is 8.91. The molecule has 0 aliphatic carbocycles. The Bertz CT molecular complexity index is 1350. The summed E-state index contributed by atoms with van der Waals surface area (Å²) in [7, 11) is 5.06. The van der Waals surface area contributed by atoms with E-state index in [1.807, 2.05) is 41.8 Å². The van der Waals surface area contributed by atoms with E-state index < -0.39 is 0 Å². The van der Waals surface area contributed by atoms with Gasteiger partial charge in [0.05, 0.1) is 23.9 Å². The van der Waals surface area contributed by atoms with Crippen molar-refractivity contribution in [3.63, 3.8) is 0 Å². The number of methoxy groups -OCH3 is 1. The van der Waals surface area contributed by atoms with Crippen LogP contribution in [0.5, 0.6) is 5.75 Å². The van der Waals surface area contributed by atoms with E-state index in [0.29, 0.717) is 17.4 Å². The molecule has 10 heteroatoms. The molecule has 4 rings (SSSR count). The number of hydrogen-bond donors (Lipinski definition) is 1. The Morgan fingerprint density at radius 3 is 2.62 bits per heavy atom. The zero-order chi connectivity index (χ0) is 22.8. The van der Waals surface area contributed by atoms with Gasteiger partial charge in [-0.1, -0.05) is 23.9 Å². The maximum Gasteiger partial charge on any atom is 0.328 e. The molecule has 0 fully saturated rings. The lowest BCUT2D eigenvalue weighted by atomic mass is 10.2. The average molecular weight is 453 g/mol. The number of anilines is 1. The van der Waals surface area contributed by atoms with Crippen molar-refractivity contribution in [1.29, 1.82) is 0 Å². The van der Waals surface area contributed by atoms with Crippen LogP contribution in [0, 0.1) is 0 Å². The maximum atomic E-state index is 12.6. The first kappa shape index (κ1) is 21.7. The van der Waals surface area contributed by atoms with Crippen LogP contribution < -0.4 is 15.7 Å². The van der Waals surface area contributed by atoms with E-state index >= 15 is 0 Å². The molecule has 1 N–H and O–H groups in total. The van der Waals surface area contributed by atoms with Crippen LogP contribution in [-0.4, -0.2) is 42.7 Å². The van der Waals surface area contributed by atoms with Crippen molar-refractivity contribution in [3.8, 4) is 17.1 Å². The molecule has 0 saturated heterocycles. The number of hydrogen-bond acceptors (Lipinski definition) is 6. The highest BCUT2D eigenvalue weighted by molar-refractivity contribution is 7.99. The molecule has 1 amide bonds. The number of fused-ring (bicyclic) bond motifs is 1. The summed E-state index contributed by atoms with van der Waals surface area (Å²) in [5.74, 6) is 1.49. The van der Waals surface area contributed by atoms with Crippen molar-refractivity contribution in [3.05, 3.63) is 52.9 Å². The summed E-state index contributed by atoms with van der Waals surface area (Å²) in [4.78, 5) is 24.7. The van der Waals surface area contributed by atoms with Crippen molar-refractivity contribution in [2.45, 2.75) is 18.6 Å². The van der Waals surface area contributed by atoms with Gasteiger partial charge in [-0.3, -0.25) is 13.9 Å². The molecule has 32 heavy (non-hydrogen) atoms. The molecule has 0 bridgehead atoms. The van der Waals surface area contributed by atoms with Gasteiger partial charge in [0.25, 0.3) is 0 Å². The molecule has 0 unspecified atom stereocenters. The predicted octanol–water partition coefficient (Wildman–Crippen LogP) is 2.89. The summed E-state index contributed by atoms with van der Waals surface area (Å²) >= 11 is 1.32. The number of aryl methyl sites for hydroxylation is 2. The molecule has 0 saturated carbocycles. The Morgan fingerprint density at radius 1 is 1.09 bits per heavy atom. The summed E-state index contributed by atoms with van der Waals surface area (Å²) in [6, 6.07) is 13.1. The lowest BCUT2D eigenvalue weighted by Crippen LogP contribution is -2.19. The van der Waals surface area contributed by atoms with E-state index in [9.17, 15) is 9.59 Å². The van der Waals surface area contributed by atoms with Gasteiger partial charge in [-0.15, -0.1) is 10.2 Å². The van der Waals surface area contributed by atoms with Crippen molar-refractivity contribution >= 4 is 34.4 Å². The minimum absolute atomic E-state index is 0.107. The summed E-state index contributed by atoms with van der Waals surface area (Å²) < 4.78 is 10.4. The lowest BCUT2D eigenvalue weighted by Gasteiger charge is -2.09. The molecular weight excluding hydrogens is 428 g/mol. The van der Waals surface area contributed by atoms with Gasteiger partial charge in [0.15, 0.2) is 11.0 Å². The van der Waals surface area contributed by atoms with Crippen LogP contribution in [0.3, 0.4) is 0 Å². The molecule has 0 aliphatic heterocycles. The Morgan fingerprint density at radius 2 is 1.88 bits per heavy atom. The number of thioether (sulfide) groups is 1. The van der Waals surface area contributed by atoms with Crippen LogP contribution in [-0.2, 0) is 25.4 Å². The van der Waals surface area contributed by atoms with Gasteiger partial charge in [0.2, 0.25) is 5.91 Å². The standard InChI is InChI=1S/C22H24N6O3S/c1-5-28-20(14-7-6-8-16(11-14)31-4)24-25-21(28)32-13-19(29)23-15-9-10-17-18(12-15)27(3)22(30)26(17)2/h6-12H,5,13H2,1-4H3,(H,23,29). The Balaban J connectivity index is 1.47. The second-order valence-electron chi connectivity index (χ2n) is 7.22. The number of benzene rings is 2. The third kappa shape index (κ3) is 4.01. The van der Waals surface area contributed by atoms with Crippen molar-refractivity contribution in [1.82, 2.24) is 23.9 Å². The van der Waals surface area contributed by atoms with E-state index in [0.717, 1.165) is 28.2 Å². The van der Waals surface area contributed by atoms with E-state index in [1.54, 1.807) is 42.5 Å². The number of ether oxygens (including phenoxy) is 1. The lowest BCUT2D eigenvalue weighted by molar-refractivity contribution is -0.113. The van der Waals surface area contributed by atoms with E-state index in [4.69, 9.17) is 4.74 Å². The van der Waals surface area contributed by atoms with Crippen LogP contribution in [0.4, 0.5) is 5.69 Å². The van der Waals surface area contributed by atoms with Gasteiger partial charge in [0, 0.05) is 31.9 Å². The SMILES string of the molecule is CCn1c(SCC(=O)Nc2ccc3c(c2)n(C)c(=O)n3C)nnc1-c1cccc(OC)c1. The van der Waals surface area contributed by atoms with Gasteiger partial charge in [-0.05, 0) is 37.3 Å². The largest absolute Gasteiger partial charge is 0.497 e. The van der Waals surface area contributed by atoms with E-state index in [1.165, 1.54) is 11.8 Å². The topological polar surface area (TPSA) is 96.0 Å². The highest BCUT2D eigenvalue weighted by atomic mass is 32.2. The highest BCUT2D eigenvalue weighted by Gasteiger charge is 2.16. The number of rotatable bonds is 7. The number of aromatic nitrogens is 5. The summed E-state index contributed by atoms with van der Waals surface area (Å²) in [6.07, 6.45) is 0. The normalized spacial score (nSPS) is 11.1. The summed E-state index contributed by atoms with van der Waals surface area (Å²) in [5, 5.41) is 12.2. The van der Waals surface area contributed by atoms with E-state index in [2.05, 4.69) is 15.5 Å². The molecule has 0 atom stereocenters. The quantitative estimate of drug-likeness (QED) is 0.433. The third-order valence-corrected chi connectivity index (χ3v) is 6.22. The fourth-order valence-electron chi connectivity index (χ4n) is 3.57. The van der Waals surface area contributed by atoms with Crippen molar-refractivity contribution in [2.24, 2.45) is 14.1 Å². The van der Waals surface area contributed by atoms with Crippen LogP contribution in [0.1, 0.15) is 6.92 Å². The highest BCUT2D eigenvalue weighted by Crippen LogP contribution is 2.26. The first-order chi connectivity index (χ1) is 15.4. The summed E-state index contributed by atoms with van der Waals surface area (Å²) in [5.41, 5.74) is 3.00. The van der Waals surface area contributed by atoms with Crippen LogP contribution in [0.2, 0.25) is 0 Å². The van der Waals surface area contributed by atoms with Crippen LogP contribution in [0.15, 0.2) is 52.4 Å². The minimum Gasteiger partial charge on any atom is -0.497 e. The van der Waals surface area contributed by atoms with Gasteiger partial charge < -0.3 is 14.6 Å². The number of nitrogens with zero attached hydrogens (tertiary/aromatic N) is 5. The molecule has 2 heterocycles. The van der Waals surface area contributed by atoms with Crippen molar-refractivity contribution < 1.29 is 9.53 Å². The fraction of sp³-hybridized carbons (Fsp3) is 0.273. The number of amides is 1. The van der Waals surface area contributed by atoms with Crippen LogP contribution in [0.25, 0.3) is 22.4 Å². The molecule has 9 nitrogen and oxygen atoms in total.